The Labute approximate surface area is 197 Å². The lowest BCUT2D eigenvalue weighted by Gasteiger charge is -2.39. The Balaban J connectivity index is 1.07. The third kappa shape index (κ3) is 5.60. The second-order valence-electron chi connectivity index (χ2n) is 8.83. The minimum Gasteiger partial charge on any atom is -0.488 e. The molecular weight excluding hydrogens is 434 g/mol. The Bertz CT molecular complexity index is 1080. The molecule has 1 aromatic carbocycles. The van der Waals surface area contributed by atoms with E-state index in [1.165, 1.54) is 18.4 Å². The SMILES string of the molecule is CS(=O)c1ccc(-c2ccc(OC3CN(Cc4ccc(OC5CCCC5)nc4)C3)cc2)cn1. The molecule has 0 spiro atoms. The number of hydrogen-bond donors (Lipinski definition) is 0. The van der Waals surface area contributed by atoms with E-state index in [2.05, 4.69) is 20.9 Å². The van der Waals surface area contributed by atoms with Gasteiger partial charge < -0.3 is 9.47 Å². The van der Waals surface area contributed by atoms with Gasteiger partial charge in [-0.25, -0.2) is 9.97 Å². The van der Waals surface area contributed by atoms with Gasteiger partial charge in [-0.05, 0) is 55.0 Å². The third-order valence-corrected chi connectivity index (χ3v) is 7.07. The maximum Gasteiger partial charge on any atom is 0.213 e. The van der Waals surface area contributed by atoms with Crippen LogP contribution >= 0.6 is 0 Å². The molecule has 1 saturated heterocycles. The monoisotopic (exact) mass is 463 g/mol. The summed E-state index contributed by atoms with van der Waals surface area (Å²) in [5.74, 6) is 1.61. The number of ether oxygens (including phenoxy) is 2. The van der Waals surface area contributed by atoms with Crippen LogP contribution in [0.3, 0.4) is 0 Å². The first-order chi connectivity index (χ1) is 16.1. The largest absolute Gasteiger partial charge is 0.488 e. The fourth-order valence-corrected chi connectivity index (χ4v) is 4.84. The lowest BCUT2D eigenvalue weighted by atomic mass is 10.1. The minimum atomic E-state index is -1.06. The molecule has 2 aliphatic rings. The number of aromatic nitrogens is 2. The molecule has 5 rings (SSSR count). The second kappa shape index (κ2) is 10.0. The molecular formula is C26H29N3O3S. The van der Waals surface area contributed by atoms with Gasteiger partial charge in [-0.15, -0.1) is 0 Å². The first-order valence-corrected chi connectivity index (χ1v) is 13.1. The molecule has 3 heterocycles. The summed E-state index contributed by atoms with van der Waals surface area (Å²) in [6.07, 6.45) is 10.7. The van der Waals surface area contributed by atoms with Gasteiger partial charge >= 0.3 is 0 Å². The van der Waals surface area contributed by atoms with Gasteiger partial charge in [-0.1, -0.05) is 24.3 Å². The normalized spacial score (nSPS) is 18.1. The zero-order chi connectivity index (χ0) is 22.6. The van der Waals surface area contributed by atoms with E-state index in [1.54, 1.807) is 12.5 Å². The quantitative estimate of drug-likeness (QED) is 0.491. The first-order valence-electron chi connectivity index (χ1n) is 11.5. The second-order valence-corrected chi connectivity index (χ2v) is 10.2. The molecule has 7 heteroatoms. The number of rotatable bonds is 8. The number of pyridine rings is 2. The standard InChI is InChI=1S/C26H29N3O3S/c1-33(30)26-13-9-21(15-28-26)20-7-10-23(11-8-20)31-24-17-29(18-24)16-19-6-12-25(27-14-19)32-22-4-2-3-5-22/h6-15,22,24H,2-5,16-18H2,1H3. The van der Waals surface area contributed by atoms with Gasteiger partial charge in [-0.3, -0.25) is 9.11 Å². The van der Waals surface area contributed by atoms with Gasteiger partial charge in [0.15, 0.2) is 0 Å². The van der Waals surface area contributed by atoms with Crippen molar-refractivity contribution in [3.63, 3.8) is 0 Å². The van der Waals surface area contributed by atoms with E-state index in [4.69, 9.17) is 9.47 Å². The lowest BCUT2D eigenvalue weighted by Crippen LogP contribution is -2.53. The first kappa shape index (κ1) is 22.0. The Hall–Kier alpha value is -2.77. The Morgan fingerprint density at radius 3 is 2.27 bits per heavy atom. The number of nitrogens with zero attached hydrogens (tertiary/aromatic N) is 3. The van der Waals surface area contributed by atoms with Crippen LogP contribution in [0.1, 0.15) is 31.2 Å². The van der Waals surface area contributed by atoms with E-state index in [9.17, 15) is 4.21 Å². The molecule has 0 bridgehead atoms. The fraction of sp³-hybridized carbons (Fsp3) is 0.385. The van der Waals surface area contributed by atoms with E-state index < -0.39 is 10.8 Å². The predicted molar refractivity (Wildman–Crippen MR) is 129 cm³/mol. The average molecular weight is 464 g/mol. The molecule has 1 saturated carbocycles. The number of benzene rings is 1. The summed E-state index contributed by atoms with van der Waals surface area (Å²) in [6, 6.07) is 15.9. The molecule has 33 heavy (non-hydrogen) atoms. The van der Waals surface area contributed by atoms with Crippen molar-refractivity contribution >= 4 is 10.8 Å². The van der Waals surface area contributed by atoms with Gasteiger partial charge in [0.25, 0.3) is 0 Å². The summed E-state index contributed by atoms with van der Waals surface area (Å²) in [7, 11) is -1.06. The van der Waals surface area contributed by atoms with Crippen LogP contribution in [0.25, 0.3) is 11.1 Å². The smallest absolute Gasteiger partial charge is 0.213 e. The van der Waals surface area contributed by atoms with Gasteiger partial charge in [0.05, 0.1) is 10.8 Å². The highest BCUT2D eigenvalue weighted by Gasteiger charge is 2.28. The maximum absolute atomic E-state index is 11.5. The molecule has 3 aromatic rings. The lowest BCUT2D eigenvalue weighted by molar-refractivity contribution is 0.0145. The van der Waals surface area contributed by atoms with Crippen molar-refractivity contribution in [2.75, 3.05) is 19.3 Å². The molecule has 0 radical (unpaired) electrons. The Morgan fingerprint density at radius 1 is 0.879 bits per heavy atom. The molecule has 6 nitrogen and oxygen atoms in total. The summed E-state index contributed by atoms with van der Waals surface area (Å²) in [5.41, 5.74) is 3.26. The summed E-state index contributed by atoms with van der Waals surface area (Å²) in [5, 5.41) is 0.595. The average Bonchev–Trinajstić information content (AvgIpc) is 3.32. The number of likely N-dealkylation sites (tertiary alicyclic amines) is 1. The van der Waals surface area contributed by atoms with Crippen LogP contribution in [0.2, 0.25) is 0 Å². The van der Waals surface area contributed by atoms with Crippen molar-refractivity contribution in [2.24, 2.45) is 0 Å². The van der Waals surface area contributed by atoms with E-state index in [1.807, 2.05) is 48.7 Å². The van der Waals surface area contributed by atoms with Crippen molar-refractivity contribution in [1.29, 1.82) is 0 Å². The molecule has 2 fully saturated rings. The molecule has 0 amide bonds. The highest BCUT2D eigenvalue weighted by Crippen LogP contribution is 2.26. The molecule has 2 aromatic heterocycles. The molecule has 0 N–H and O–H groups in total. The molecule has 1 aliphatic heterocycles. The van der Waals surface area contributed by atoms with Gasteiger partial charge in [0.2, 0.25) is 5.88 Å². The van der Waals surface area contributed by atoms with E-state index in [0.29, 0.717) is 11.1 Å². The van der Waals surface area contributed by atoms with Crippen molar-refractivity contribution < 1.29 is 13.7 Å². The fourth-order valence-electron chi connectivity index (χ4n) is 4.37. The summed E-state index contributed by atoms with van der Waals surface area (Å²) >= 11 is 0. The highest BCUT2D eigenvalue weighted by molar-refractivity contribution is 7.84. The van der Waals surface area contributed by atoms with E-state index in [0.717, 1.165) is 55.2 Å². The van der Waals surface area contributed by atoms with Gasteiger partial charge in [-0.2, -0.15) is 0 Å². The van der Waals surface area contributed by atoms with Crippen LogP contribution in [0.5, 0.6) is 11.6 Å². The predicted octanol–water partition coefficient (Wildman–Crippen LogP) is 4.47. The zero-order valence-corrected chi connectivity index (χ0v) is 19.7. The van der Waals surface area contributed by atoms with Crippen LogP contribution in [0.4, 0.5) is 0 Å². The zero-order valence-electron chi connectivity index (χ0n) is 18.9. The van der Waals surface area contributed by atoms with Crippen LogP contribution < -0.4 is 9.47 Å². The van der Waals surface area contributed by atoms with Crippen molar-refractivity contribution in [1.82, 2.24) is 14.9 Å². The van der Waals surface area contributed by atoms with Crippen LogP contribution in [-0.4, -0.2) is 50.6 Å². The van der Waals surface area contributed by atoms with Crippen LogP contribution in [0.15, 0.2) is 66.0 Å². The Kier molecular flexibility index (Phi) is 6.69. The molecule has 172 valence electrons. The van der Waals surface area contributed by atoms with E-state index in [-0.39, 0.29) is 6.10 Å². The third-order valence-electron chi connectivity index (χ3n) is 6.24. The molecule has 1 aliphatic carbocycles. The van der Waals surface area contributed by atoms with Crippen LogP contribution in [-0.2, 0) is 17.3 Å². The van der Waals surface area contributed by atoms with Crippen molar-refractivity contribution in [3.8, 4) is 22.8 Å². The Morgan fingerprint density at radius 2 is 1.64 bits per heavy atom. The van der Waals surface area contributed by atoms with E-state index >= 15 is 0 Å². The minimum absolute atomic E-state index is 0.203. The van der Waals surface area contributed by atoms with Gasteiger partial charge in [0.1, 0.15) is 23.0 Å². The van der Waals surface area contributed by atoms with Crippen molar-refractivity contribution in [3.05, 3.63) is 66.5 Å². The summed E-state index contributed by atoms with van der Waals surface area (Å²) < 4.78 is 23.6. The molecule has 1 unspecified atom stereocenters. The maximum atomic E-state index is 11.5. The van der Waals surface area contributed by atoms with Gasteiger partial charge in [0, 0.05) is 49.9 Å². The van der Waals surface area contributed by atoms with Crippen molar-refractivity contribution in [2.45, 2.75) is 49.5 Å². The number of hydrogen-bond acceptors (Lipinski definition) is 6. The molecule has 1 atom stereocenters. The highest BCUT2D eigenvalue weighted by atomic mass is 32.2. The summed E-state index contributed by atoms with van der Waals surface area (Å²) in [4.78, 5) is 11.1. The topological polar surface area (TPSA) is 64.5 Å². The van der Waals surface area contributed by atoms with Crippen LogP contribution in [0, 0.1) is 0 Å². The summed E-state index contributed by atoms with van der Waals surface area (Å²) in [6.45, 7) is 2.68.